The number of carboxylic acids is 1. The van der Waals surface area contributed by atoms with Crippen molar-refractivity contribution in [3.05, 3.63) is 52.4 Å². The van der Waals surface area contributed by atoms with Gasteiger partial charge in [-0.05, 0) is 46.1 Å². The standard InChI is InChI=1S/C14H14BrN3O2/c1-18(7-4-10-2-5-16-6-3-10)13-12(14(19)20)8-11(15)9-17-13/h2-3,5-6,8-9H,4,7H2,1H3,(H,19,20). The Labute approximate surface area is 125 Å². The largest absolute Gasteiger partial charge is 0.478 e. The van der Waals surface area contributed by atoms with Gasteiger partial charge in [-0.3, -0.25) is 4.98 Å². The molecule has 0 aliphatic heterocycles. The number of aromatic nitrogens is 2. The van der Waals surface area contributed by atoms with Crippen LogP contribution in [-0.2, 0) is 6.42 Å². The van der Waals surface area contributed by atoms with Gasteiger partial charge in [0.2, 0.25) is 0 Å². The zero-order valence-corrected chi connectivity index (χ0v) is 12.5. The summed E-state index contributed by atoms with van der Waals surface area (Å²) in [6.07, 6.45) is 5.90. The van der Waals surface area contributed by atoms with Crippen LogP contribution in [0.5, 0.6) is 0 Å². The van der Waals surface area contributed by atoms with E-state index in [2.05, 4.69) is 25.9 Å². The number of likely N-dealkylation sites (N-methyl/N-ethyl adjacent to an activating group) is 1. The van der Waals surface area contributed by atoms with Crippen LogP contribution in [0.1, 0.15) is 15.9 Å². The molecule has 2 rings (SSSR count). The minimum Gasteiger partial charge on any atom is -0.478 e. The predicted molar refractivity (Wildman–Crippen MR) is 80.1 cm³/mol. The Kier molecular flexibility index (Phi) is 4.68. The molecule has 0 amide bonds. The first kappa shape index (κ1) is 14.5. The fraction of sp³-hybridized carbons (Fsp3) is 0.214. The van der Waals surface area contributed by atoms with Gasteiger partial charge in [-0.15, -0.1) is 0 Å². The van der Waals surface area contributed by atoms with Crippen molar-refractivity contribution in [3.8, 4) is 0 Å². The third kappa shape index (κ3) is 3.54. The minimum atomic E-state index is -0.982. The monoisotopic (exact) mass is 335 g/mol. The zero-order chi connectivity index (χ0) is 14.5. The van der Waals surface area contributed by atoms with Crippen molar-refractivity contribution in [3.63, 3.8) is 0 Å². The molecule has 104 valence electrons. The molecule has 5 nitrogen and oxygen atoms in total. The van der Waals surface area contributed by atoms with Crippen molar-refractivity contribution >= 4 is 27.7 Å². The van der Waals surface area contributed by atoms with Crippen molar-refractivity contribution in [2.24, 2.45) is 0 Å². The highest BCUT2D eigenvalue weighted by Crippen LogP contribution is 2.21. The van der Waals surface area contributed by atoms with E-state index in [4.69, 9.17) is 0 Å². The lowest BCUT2D eigenvalue weighted by atomic mass is 10.2. The smallest absolute Gasteiger partial charge is 0.339 e. The number of halogens is 1. The summed E-state index contributed by atoms with van der Waals surface area (Å²) in [6, 6.07) is 5.45. The highest BCUT2D eigenvalue weighted by Gasteiger charge is 2.15. The summed E-state index contributed by atoms with van der Waals surface area (Å²) >= 11 is 3.24. The first-order valence-electron chi connectivity index (χ1n) is 6.07. The van der Waals surface area contributed by atoms with E-state index in [1.165, 1.54) is 0 Å². The third-order valence-corrected chi connectivity index (χ3v) is 3.34. The van der Waals surface area contributed by atoms with Gasteiger partial charge in [0.25, 0.3) is 0 Å². The van der Waals surface area contributed by atoms with Gasteiger partial charge >= 0.3 is 5.97 Å². The maximum absolute atomic E-state index is 11.3. The average Bonchev–Trinajstić information content (AvgIpc) is 2.45. The van der Waals surface area contributed by atoms with Gasteiger partial charge in [0.1, 0.15) is 11.4 Å². The topological polar surface area (TPSA) is 66.3 Å². The Morgan fingerprint density at radius 3 is 2.75 bits per heavy atom. The molecule has 0 fully saturated rings. The minimum absolute atomic E-state index is 0.191. The summed E-state index contributed by atoms with van der Waals surface area (Å²) < 4.78 is 0.654. The molecule has 0 aliphatic rings. The van der Waals surface area contributed by atoms with Gasteiger partial charge < -0.3 is 10.0 Å². The third-order valence-electron chi connectivity index (χ3n) is 2.91. The number of anilines is 1. The number of aromatic carboxylic acids is 1. The van der Waals surface area contributed by atoms with E-state index in [0.717, 1.165) is 12.0 Å². The molecule has 0 radical (unpaired) electrons. The van der Waals surface area contributed by atoms with E-state index in [1.54, 1.807) is 24.7 Å². The molecule has 2 aromatic heterocycles. The number of hydrogen-bond acceptors (Lipinski definition) is 4. The van der Waals surface area contributed by atoms with Gasteiger partial charge in [-0.2, -0.15) is 0 Å². The highest BCUT2D eigenvalue weighted by molar-refractivity contribution is 9.10. The molecule has 6 heteroatoms. The number of rotatable bonds is 5. The summed E-state index contributed by atoms with van der Waals surface area (Å²) in [6.45, 7) is 0.679. The van der Waals surface area contributed by atoms with Gasteiger partial charge in [0.15, 0.2) is 0 Å². The van der Waals surface area contributed by atoms with E-state index in [0.29, 0.717) is 16.8 Å². The van der Waals surface area contributed by atoms with Crippen LogP contribution >= 0.6 is 15.9 Å². The number of hydrogen-bond donors (Lipinski definition) is 1. The van der Waals surface area contributed by atoms with Crippen LogP contribution in [0.3, 0.4) is 0 Å². The van der Waals surface area contributed by atoms with E-state index >= 15 is 0 Å². The first-order chi connectivity index (χ1) is 9.58. The number of nitrogens with zero attached hydrogens (tertiary/aromatic N) is 3. The molecule has 0 aromatic carbocycles. The Bertz CT molecular complexity index is 605. The summed E-state index contributed by atoms with van der Waals surface area (Å²) in [5.74, 6) is -0.515. The lowest BCUT2D eigenvalue weighted by Crippen LogP contribution is -2.24. The molecule has 2 heterocycles. The highest BCUT2D eigenvalue weighted by atomic mass is 79.9. The fourth-order valence-corrected chi connectivity index (χ4v) is 2.18. The number of carbonyl (C=O) groups is 1. The Balaban J connectivity index is 2.13. The van der Waals surface area contributed by atoms with Crippen LogP contribution in [0.25, 0.3) is 0 Å². The summed E-state index contributed by atoms with van der Waals surface area (Å²) in [4.78, 5) is 21.3. The molecule has 0 atom stereocenters. The second-order valence-electron chi connectivity index (χ2n) is 4.36. The maximum Gasteiger partial charge on any atom is 0.339 e. The predicted octanol–water partition coefficient (Wildman–Crippen LogP) is 2.62. The van der Waals surface area contributed by atoms with Crippen molar-refractivity contribution in [2.45, 2.75) is 6.42 Å². The quantitative estimate of drug-likeness (QED) is 0.909. The Hall–Kier alpha value is -1.95. The maximum atomic E-state index is 11.3. The zero-order valence-electron chi connectivity index (χ0n) is 11.0. The van der Waals surface area contributed by atoms with Crippen LogP contribution in [0.2, 0.25) is 0 Å². The van der Waals surface area contributed by atoms with Crippen molar-refractivity contribution < 1.29 is 9.90 Å². The average molecular weight is 336 g/mol. The summed E-state index contributed by atoms with van der Waals surface area (Å²) in [7, 11) is 1.84. The second-order valence-corrected chi connectivity index (χ2v) is 5.27. The van der Waals surface area contributed by atoms with E-state index < -0.39 is 5.97 Å². The van der Waals surface area contributed by atoms with E-state index in [9.17, 15) is 9.90 Å². The number of pyridine rings is 2. The van der Waals surface area contributed by atoms with Gasteiger partial charge in [0, 0.05) is 36.7 Å². The number of carboxylic acid groups (broad SMARTS) is 1. The Morgan fingerprint density at radius 1 is 1.40 bits per heavy atom. The van der Waals surface area contributed by atoms with E-state index in [1.807, 2.05) is 24.1 Å². The normalized spacial score (nSPS) is 10.3. The van der Waals surface area contributed by atoms with Gasteiger partial charge in [-0.1, -0.05) is 0 Å². The molecule has 1 N–H and O–H groups in total. The molecule has 0 bridgehead atoms. The lowest BCUT2D eigenvalue weighted by molar-refractivity contribution is 0.0697. The molecule has 0 unspecified atom stereocenters. The molecule has 0 aliphatic carbocycles. The summed E-state index contributed by atoms with van der Waals surface area (Å²) in [5.41, 5.74) is 1.34. The molecule has 20 heavy (non-hydrogen) atoms. The summed E-state index contributed by atoms with van der Waals surface area (Å²) in [5, 5.41) is 9.23. The van der Waals surface area contributed by atoms with Gasteiger partial charge in [-0.25, -0.2) is 9.78 Å². The SMILES string of the molecule is CN(CCc1ccncc1)c1ncc(Br)cc1C(=O)O. The first-order valence-corrected chi connectivity index (χ1v) is 6.86. The van der Waals surface area contributed by atoms with Crippen LogP contribution < -0.4 is 4.90 Å². The molecular weight excluding hydrogens is 322 g/mol. The van der Waals surface area contributed by atoms with Crippen LogP contribution in [-0.4, -0.2) is 34.6 Å². The van der Waals surface area contributed by atoms with Crippen molar-refractivity contribution in [2.75, 3.05) is 18.5 Å². The van der Waals surface area contributed by atoms with Crippen molar-refractivity contribution in [1.82, 2.24) is 9.97 Å². The molecule has 0 saturated heterocycles. The van der Waals surface area contributed by atoms with Gasteiger partial charge in [0.05, 0.1) is 0 Å². The molecule has 0 saturated carbocycles. The van der Waals surface area contributed by atoms with E-state index in [-0.39, 0.29) is 5.56 Å². The molecule has 2 aromatic rings. The van der Waals surface area contributed by atoms with Crippen LogP contribution in [0.15, 0.2) is 41.3 Å². The van der Waals surface area contributed by atoms with Crippen LogP contribution in [0, 0.1) is 0 Å². The fourth-order valence-electron chi connectivity index (χ4n) is 1.85. The second kappa shape index (κ2) is 6.47. The molecule has 0 spiro atoms. The Morgan fingerprint density at radius 2 is 2.10 bits per heavy atom. The lowest BCUT2D eigenvalue weighted by Gasteiger charge is -2.20. The van der Waals surface area contributed by atoms with Crippen molar-refractivity contribution in [1.29, 1.82) is 0 Å². The van der Waals surface area contributed by atoms with Crippen LogP contribution in [0.4, 0.5) is 5.82 Å². The molecular formula is C14H14BrN3O2.